The molecule has 0 saturated carbocycles. The fourth-order valence-electron chi connectivity index (χ4n) is 3.84. The van der Waals surface area contributed by atoms with Gasteiger partial charge in [-0.1, -0.05) is 23.3 Å². The molecule has 2 heterocycles. The Morgan fingerprint density at radius 1 is 1.16 bits per heavy atom. The number of piperidine rings is 1. The van der Waals surface area contributed by atoms with E-state index in [-0.39, 0.29) is 24.6 Å². The Kier molecular flexibility index (Phi) is 8.96. The van der Waals surface area contributed by atoms with Crippen LogP contribution in [0.5, 0.6) is 5.88 Å². The van der Waals surface area contributed by atoms with E-state index in [9.17, 15) is 41.0 Å². The molecular formula is C24H23F6N3O3S. The Balaban J connectivity index is 1.84. The Bertz CT molecular complexity index is 1140. The molecule has 1 aromatic carbocycles. The molecule has 1 aliphatic heterocycles. The second-order valence-corrected chi connectivity index (χ2v) is 10.2. The molecule has 1 saturated heterocycles. The van der Waals surface area contributed by atoms with Crippen molar-refractivity contribution in [3.8, 4) is 11.9 Å². The highest BCUT2D eigenvalue weighted by molar-refractivity contribution is 7.91. The molecule has 1 atom stereocenters. The van der Waals surface area contributed by atoms with Crippen LogP contribution in [0.3, 0.4) is 0 Å². The zero-order chi connectivity index (χ0) is 27.4. The van der Waals surface area contributed by atoms with Crippen LogP contribution in [0.4, 0.5) is 26.3 Å². The van der Waals surface area contributed by atoms with E-state index in [1.54, 1.807) is 13.0 Å². The molecule has 6 nitrogen and oxygen atoms in total. The lowest BCUT2D eigenvalue weighted by molar-refractivity contribution is -0.141. The lowest BCUT2D eigenvalue weighted by Crippen LogP contribution is -2.40. The molecule has 3 rings (SSSR count). The SMILES string of the molecule is CC[S+]([O-])CC1CCN(C(=O)c2cc(C(F)(F)F)nc(OCc3ccc(C(F)(F)F)cc3)c2C#N)CC1. The number of carbonyl (C=O) groups excluding carboxylic acids is 1. The van der Waals surface area contributed by atoms with Gasteiger partial charge in [0.1, 0.15) is 35.4 Å². The fraction of sp³-hybridized carbons (Fsp3) is 0.458. The molecule has 0 radical (unpaired) electrons. The second kappa shape index (κ2) is 11.6. The molecule has 0 spiro atoms. The third-order valence-corrected chi connectivity index (χ3v) is 7.41. The van der Waals surface area contributed by atoms with E-state index in [0.29, 0.717) is 30.4 Å². The van der Waals surface area contributed by atoms with Crippen LogP contribution in [0.25, 0.3) is 0 Å². The number of carbonyl (C=O) groups is 1. The number of likely N-dealkylation sites (tertiary alicyclic amines) is 1. The first-order valence-electron chi connectivity index (χ1n) is 11.3. The van der Waals surface area contributed by atoms with E-state index >= 15 is 0 Å². The molecule has 1 aromatic heterocycles. The minimum absolute atomic E-state index is 0.117. The number of benzene rings is 1. The third kappa shape index (κ3) is 7.29. The second-order valence-electron chi connectivity index (χ2n) is 8.46. The summed E-state index contributed by atoms with van der Waals surface area (Å²) in [6.07, 6.45) is -8.47. The zero-order valence-electron chi connectivity index (χ0n) is 19.7. The van der Waals surface area contributed by atoms with Crippen molar-refractivity contribution in [1.82, 2.24) is 9.88 Å². The molecule has 1 unspecified atom stereocenters. The number of alkyl halides is 6. The molecule has 200 valence electrons. The first-order chi connectivity index (χ1) is 17.3. The van der Waals surface area contributed by atoms with E-state index in [1.807, 2.05) is 0 Å². The minimum Gasteiger partial charge on any atom is -0.616 e. The van der Waals surface area contributed by atoms with Crippen LogP contribution in [-0.4, -0.2) is 44.9 Å². The van der Waals surface area contributed by atoms with Gasteiger partial charge in [0.15, 0.2) is 0 Å². The minimum atomic E-state index is -4.95. The first-order valence-corrected chi connectivity index (χ1v) is 12.8. The maximum Gasteiger partial charge on any atom is 0.433 e. The van der Waals surface area contributed by atoms with Crippen LogP contribution in [0.15, 0.2) is 30.3 Å². The van der Waals surface area contributed by atoms with Crippen LogP contribution >= 0.6 is 0 Å². The van der Waals surface area contributed by atoms with Crippen molar-refractivity contribution in [2.45, 2.75) is 38.7 Å². The number of ether oxygens (including phenoxy) is 1. The standard InChI is InChI=1S/C24H23F6N3O3S/c1-2-37(35)14-16-7-9-33(10-8-16)22(34)18-11-20(24(28,29)30)32-21(19(18)12-31)36-13-15-3-5-17(6-4-15)23(25,26)27/h3-6,11,16H,2,7-10,13-14H2,1H3. The number of pyridine rings is 1. The summed E-state index contributed by atoms with van der Waals surface area (Å²) >= 11 is -0.980. The van der Waals surface area contributed by atoms with Gasteiger partial charge in [-0.15, -0.1) is 0 Å². The van der Waals surface area contributed by atoms with Crippen LogP contribution in [0.1, 0.15) is 52.5 Å². The van der Waals surface area contributed by atoms with E-state index in [4.69, 9.17) is 4.74 Å². The van der Waals surface area contributed by atoms with Crippen molar-refractivity contribution >= 4 is 17.1 Å². The summed E-state index contributed by atoms with van der Waals surface area (Å²) in [6, 6.07) is 5.94. The van der Waals surface area contributed by atoms with Gasteiger partial charge in [-0.05, 0) is 43.5 Å². The Hall–Kier alpha value is -2.98. The van der Waals surface area contributed by atoms with Gasteiger partial charge in [0.25, 0.3) is 5.91 Å². The molecule has 1 amide bonds. The molecule has 37 heavy (non-hydrogen) atoms. The molecule has 13 heteroatoms. The van der Waals surface area contributed by atoms with Crippen LogP contribution in [0, 0.1) is 17.2 Å². The summed E-state index contributed by atoms with van der Waals surface area (Å²) in [6.45, 7) is 1.77. The van der Waals surface area contributed by atoms with Crippen LogP contribution in [-0.2, 0) is 30.1 Å². The first kappa shape index (κ1) is 28.6. The summed E-state index contributed by atoms with van der Waals surface area (Å²) in [7, 11) is 0. The van der Waals surface area contributed by atoms with Crippen molar-refractivity contribution < 1.29 is 40.4 Å². The maximum atomic E-state index is 13.6. The number of halogens is 6. The van der Waals surface area contributed by atoms with Crippen LogP contribution < -0.4 is 4.74 Å². The zero-order valence-corrected chi connectivity index (χ0v) is 20.5. The Morgan fingerprint density at radius 2 is 1.78 bits per heavy atom. The smallest absolute Gasteiger partial charge is 0.433 e. The molecule has 0 bridgehead atoms. The largest absolute Gasteiger partial charge is 0.616 e. The molecule has 2 aromatic rings. The average molecular weight is 548 g/mol. The number of amides is 1. The summed E-state index contributed by atoms with van der Waals surface area (Å²) < 4.78 is 96.1. The fourth-order valence-corrected chi connectivity index (χ4v) is 4.94. The van der Waals surface area contributed by atoms with E-state index in [1.165, 1.54) is 4.90 Å². The lowest BCUT2D eigenvalue weighted by atomic mass is 9.97. The Morgan fingerprint density at radius 3 is 2.30 bits per heavy atom. The van der Waals surface area contributed by atoms with Crippen molar-refractivity contribution in [2.75, 3.05) is 24.6 Å². The molecule has 0 aliphatic carbocycles. The number of hydrogen-bond acceptors (Lipinski definition) is 5. The summed E-state index contributed by atoms with van der Waals surface area (Å²) in [5, 5.41) is 9.65. The average Bonchev–Trinajstić information content (AvgIpc) is 2.86. The summed E-state index contributed by atoms with van der Waals surface area (Å²) in [4.78, 5) is 17.9. The number of rotatable bonds is 7. The van der Waals surface area contributed by atoms with E-state index in [2.05, 4.69) is 4.98 Å². The summed E-state index contributed by atoms with van der Waals surface area (Å²) in [5.41, 5.74) is -3.19. The number of aromatic nitrogens is 1. The maximum absolute atomic E-state index is 13.6. The molecular weight excluding hydrogens is 524 g/mol. The number of nitriles is 1. The van der Waals surface area contributed by atoms with Crippen molar-refractivity contribution in [2.24, 2.45) is 5.92 Å². The number of nitrogens with zero attached hydrogens (tertiary/aromatic N) is 3. The predicted molar refractivity (Wildman–Crippen MR) is 122 cm³/mol. The van der Waals surface area contributed by atoms with Gasteiger partial charge in [-0.3, -0.25) is 4.79 Å². The normalized spacial score (nSPS) is 15.8. The van der Waals surface area contributed by atoms with Gasteiger partial charge in [0.2, 0.25) is 5.88 Å². The summed E-state index contributed by atoms with van der Waals surface area (Å²) in [5.74, 6) is -0.423. The van der Waals surface area contributed by atoms with E-state index in [0.717, 1.165) is 24.3 Å². The van der Waals surface area contributed by atoms with Gasteiger partial charge < -0.3 is 14.2 Å². The van der Waals surface area contributed by atoms with Crippen molar-refractivity contribution in [1.29, 1.82) is 5.26 Å². The molecule has 1 aliphatic rings. The van der Waals surface area contributed by atoms with Crippen molar-refractivity contribution in [3.63, 3.8) is 0 Å². The highest BCUT2D eigenvalue weighted by atomic mass is 32.2. The highest BCUT2D eigenvalue weighted by Crippen LogP contribution is 2.34. The quantitative estimate of drug-likeness (QED) is 0.352. The predicted octanol–water partition coefficient (Wildman–Crippen LogP) is 5.19. The van der Waals surface area contributed by atoms with E-state index < -0.39 is 64.3 Å². The van der Waals surface area contributed by atoms with Gasteiger partial charge in [0, 0.05) is 19.0 Å². The van der Waals surface area contributed by atoms with Gasteiger partial charge in [0.05, 0.1) is 11.1 Å². The topological polar surface area (TPSA) is 89.3 Å². The third-order valence-electron chi connectivity index (χ3n) is 5.92. The molecule has 0 N–H and O–H groups in total. The molecule has 1 fully saturated rings. The van der Waals surface area contributed by atoms with Gasteiger partial charge in [-0.2, -0.15) is 31.6 Å². The van der Waals surface area contributed by atoms with Crippen LogP contribution in [0.2, 0.25) is 0 Å². The van der Waals surface area contributed by atoms with Crippen molar-refractivity contribution in [3.05, 3.63) is 58.3 Å². The lowest BCUT2D eigenvalue weighted by Gasteiger charge is -2.32. The van der Waals surface area contributed by atoms with Gasteiger partial charge in [-0.25, -0.2) is 4.98 Å². The monoisotopic (exact) mass is 547 g/mol. The Labute approximate surface area is 212 Å². The highest BCUT2D eigenvalue weighted by Gasteiger charge is 2.37. The van der Waals surface area contributed by atoms with Gasteiger partial charge >= 0.3 is 12.4 Å². The number of hydrogen-bond donors (Lipinski definition) is 0.